The van der Waals surface area contributed by atoms with Crippen LogP contribution in [-0.2, 0) is 19.6 Å². The summed E-state index contributed by atoms with van der Waals surface area (Å²) in [4.78, 5) is 30.0. The van der Waals surface area contributed by atoms with E-state index in [0.29, 0.717) is 30.8 Å². The molecule has 1 fully saturated rings. The third-order valence-electron chi connectivity index (χ3n) is 4.50. The quantitative estimate of drug-likeness (QED) is 0.890. The van der Waals surface area contributed by atoms with Crippen LogP contribution < -0.4 is 16.6 Å². The van der Waals surface area contributed by atoms with Crippen LogP contribution in [-0.4, -0.2) is 31.3 Å². The number of imidazole rings is 1. The monoisotopic (exact) mass is 305 g/mol. The number of nitrogens with zero attached hydrogens (tertiary/aromatic N) is 4. The Morgan fingerprint density at radius 2 is 1.91 bits per heavy atom. The lowest BCUT2D eigenvalue weighted by Gasteiger charge is -2.14. The van der Waals surface area contributed by atoms with E-state index in [1.165, 1.54) is 4.57 Å². The summed E-state index contributed by atoms with van der Waals surface area (Å²) in [6.07, 6.45) is 2.09. The lowest BCUT2D eigenvalue weighted by atomic mass is 10.2. The molecule has 1 atom stereocenters. The van der Waals surface area contributed by atoms with E-state index in [-0.39, 0.29) is 17.3 Å². The Bertz CT molecular complexity index is 808. The van der Waals surface area contributed by atoms with Crippen LogP contribution in [0.1, 0.15) is 32.5 Å². The summed E-state index contributed by atoms with van der Waals surface area (Å²) >= 11 is 0. The fourth-order valence-electron chi connectivity index (χ4n) is 3.37. The zero-order chi connectivity index (χ0) is 15.9. The molecule has 0 aromatic carbocycles. The van der Waals surface area contributed by atoms with E-state index in [4.69, 9.17) is 0 Å². The lowest BCUT2D eigenvalue weighted by molar-refractivity contribution is 0.472. The normalized spacial score (nSPS) is 18.4. The van der Waals surface area contributed by atoms with Crippen LogP contribution in [0.4, 0.5) is 0 Å². The number of hydrogen-bond donors (Lipinski definition) is 1. The number of aryl methyl sites for hydroxylation is 3. The first-order chi connectivity index (χ1) is 10.6. The third kappa shape index (κ3) is 2.20. The van der Waals surface area contributed by atoms with E-state index in [1.807, 2.05) is 25.3 Å². The second-order valence-corrected chi connectivity index (χ2v) is 5.81. The molecule has 0 saturated carbocycles. The highest BCUT2D eigenvalue weighted by Gasteiger charge is 2.22. The molecule has 1 aliphatic rings. The molecule has 0 aliphatic carbocycles. The van der Waals surface area contributed by atoms with Crippen molar-refractivity contribution >= 4 is 11.2 Å². The predicted octanol–water partition coefficient (Wildman–Crippen LogP) is 0.460. The first kappa shape index (κ1) is 15.0. The van der Waals surface area contributed by atoms with Crippen molar-refractivity contribution < 1.29 is 0 Å². The zero-order valence-corrected chi connectivity index (χ0v) is 13.4. The van der Waals surface area contributed by atoms with Crippen LogP contribution >= 0.6 is 0 Å². The molecule has 3 rings (SSSR count). The second-order valence-electron chi connectivity index (χ2n) is 5.81. The predicted molar refractivity (Wildman–Crippen MR) is 85.4 cm³/mol. The van der Waals surface area contributed by atoms with Crippen LogP contribution in [0.15, 0.2) is 9.59 Å². The average Bonchev–Trinajstić information content (AvgIpc) is 3.11. The van der Waals surface area contributed by atoms with Gasteiger partial charge in [-0.2, -0.15) is 0 Å². The van der Waals surface area contributed by atoms with E-state index >= 15 is 0 Å². The van der Waals surface area contributed by atoms with Crippen molar-refractivity contribution in [1.29, 1.82) is 0 Å². The molecule has 1 N–H and O–H groups in total. The van der Waals surface area contributed by atoms with Gasteiger partial charge in [0.05, 0.1) is 0 Å². The maximum absolute atomic E-state index is 12.9. The minimum Gasteiger partial charge on any atom is -0.323 e. The van der Waals surface area contributed by atoms with Crippen LogP contribution in [0.2, 0.25) is 0 Å². The van der Waals surface area contributed by atoms with Crippen LogP contribution in [0.5, 0.6) is 0 Å². The van der Waals surface area contributed by atoms with Crippen molar-refractivity contribution in [2.45, 2.75) is 59.3 Å². The Morgan fingerprint density at radius 1 is 1.18 bits per heavy atom. The van der Waals surface area contributed by atoms with Gasteiger partial charge in [-0.05, 0) is 40.2 Å². The van der Waals surface area contributed by atoms with Crippen LogP contribution in [0.25, 0.3) is 11.2 Å². The van der Waals surface area contributed by atoms with Crippen LogP contribution in [0, 0.1) is 6.92 Å². The fourth-order valence-corrected chi connectivity index (χ4v) is 3.37. The molecule has 120 valence electrons. The summed E-state index contributed by atoms with van der Waals surface area (Å²) in [5.41, 5.74) is 0.572. The molecule has 0 radical (unpaired) electrons. The Kier molecular flexibility index (Phi) is 3.90. The molecule has 2 aromatic rings. The van der Waals surface area contributed by atoms with Gasteiger partial charge in [0.25, 0.3) is 5.56 Å². The Labute approximate surface area is 128 Å². The summed E-state index contributed by atoms with van der Waals surface area (Å²) in [6, 6.07) is 0.201. The Morgan fingerprint density at radius 3 is 2.50 bits per heavy atom. The highest BCUT2D eigenvalue weighted by Crippen LogP contribution is 2.12. The molecule has 0 spiro atoms. The van der Waals surface area contributed by atoms with Crippen molar-refractivity contribution in [2.24, 2.45) is 0 Å². The molecule has 0 amide bonds. The highest BCUT2D eigenvalue weighted by atomic mass is 16.2. The highest BCUT2D eigenvalue weighted by molar-refractivity contribution is 5.71. The van der Waals surface area contributed by atoms with E-state index in [0.717, 1.165) is 25.2 Å². The second kappa shape index (κ2) is 5.72. The van der Waals surface area contributed by atoms with Crippen molar-refractivity contribution in [3.63, 3.8) is 0 Å². The van der Waals surface area contributed by atoms with Crippen molar-refractivity contribution in [1.82, 2.24) is 24.0 Å². The minimum absolute atomic E-state index is 0.201. The van der Waals surface area contributed by atoms with Crippen molar-refractivity contribution in [3.05, 3.63) is 26.7 Å². The van der Waals surface area contributed by atoms with E-state index in [1.54, 1.807) is 4.57 Å². The smallest absolute Gasteiger partial charge is 0.323 e. The summed E-state index contributed by atoms with van der Waals surface area (Å²) in [5, 5.41) is 3.35. The number of aromatic nitrogens is 4. The molecule has 1 unspecified atom stereocenters. The average molecular weight is 305 g/mol. The summed E-state index contributed by atoms with van der Waals surface area (Å²) in [6.45, 7) is 8.32. The molecule has 0 bridgehead atoms. The minimum atomic E-state index is -0.255. The molecule has 1 aliphatic heterocycles. The fraction of sp³-hybridized carbons (Fsp3) is 0.667. The van der Waals surface area contributed by atoms with Crippen LogP contribution in [0.3, 0.4) is 0 Å². The van der Waals surface area contributed by atoms with Gasteiger partial charge in [-0.3, -0.25) is 13.9 Å². The largest absolute Gasteiger partial charge is 0.332 e. The van der Waals surface area contributed by atoms with Gasteiger partial charge in [0.1, 0.15) is 5.82 Å². The summed E-state index contributed by atoms with van der Waals surface area (Å²) in [7, 11) is 0. The van der Waals surface area contributed by atoms with Gasteiger partial charge in [0.2, 0.25) is 0 Å². The first-order valence-electron chi connectivity index (χ1n) is 8.02. The Hall–Kier alpha value is -1.89. The maximum atomic E-state index is 12.9. The lowest BCUT2D eigenvalue weighted by Crippen LogP contribution is -2.44. The molecular formula is C15H23N5O2. The van der Waals surface area contributed by atoms with E-state index < -0.39 is 0 Å². The number of hydrogen-bond acceptors (Lipinski definition) is 4. The standard InChI is InChI=1S/C15H23N5O2/c1-4-18-10(3)17-13-12(18)14(21)20(15(22)19(13)5-2)9-11-7-6-8-16-11/h11,16H,4-9H2,1-3H3. The van der Waals surface area contributed by atoms with Crippen molar-refractivity contribution in [2.75, 3.05) is 6.54 Å². The molecular weight excluding hydrogens is 282 g/mol. The first-order valence-corrected chi connectivity index (χ1v) is 8.02. The molecule has 2 aromatic heterocycles. The van der Waals surface area contributed by atoms with Crippen molar-refractivity contribution in [3.8, 4) is 0 Å². The number of fused-ring (bicyclic) bond motifs is 1. The molecule has 7 heteroatoms. The molecule has 3 heterocycles. The van der Waals surface area contributed by atoms with Gasteiger partial charge in [0.15, 0.2) is 11.2 Å². The molecule has 7 nitrogen and oxygen atoms in total. The third-order valence-corrected chi connectivity index (χ3v) is 4.50. The topological polar surface area (TPSA) is 73.8 Å². The maximum Gasteiger partial charge on any atom is 0.332 e. The van der Waals surface area contributed by atoms with Gasteiger partial charge in [-0.15, -0.1) is 0 Å². The van der Waals surface area contributed by atoms with Gasteiger partial charge >= 0.3 is 5.69 Å². The van der Waals surface area contributed by atoms with E-state index in [2.05, 4.69) is 10.3 Å². The van der Waals surface area contributed by atoms with E-state index in [9.17, 15) is 9.59 Å². The number of nitrogens with one attached hydrogen (secondary N) is 1. The summed E-state index contributed by atoms with van der Waals surface area (Å²) < 4.78 is 4.87. The SMILES string of the molecule is CCn1c(C)nc2c1c(=O)n(CC1CCCN1)c(=O)n2CC. The molecule has 22 heavy (non-hydrogen) atoms. The van der Waals surface area contributed by atoms with Gasteiger partial charge < -0.3 is 9.88 Å². The number of rotatable bonds is 4. The van der Waals surface area contributed by atoms with Gasteiger partial charge in [0, 0.05) is 25.7 Å². The molecule has 1 saturated heterocycles. The zero-order valence-electron chi connectivity index (χ0n) is 13.4. The Balaban J connectivity index is 2.27. The summed E-state index contributed by atoms with van der Waals surface area (Å²) in [5.74, 6) is 0.771. The van der Waals surface area contributed by atoms with Gasteiger partial charge in [-0.1, -0.05) is 0 Å². The van der Waals surface area contributed by atoms with Gasteiger partial charge in [-0.25, -0.2) is 9.78 Å².